The first-order valence-corrected chi connectivity index (χ1v) is 7.41. The van der Waals surface area contributed by atoms with Crippen LogP contribution in [0.2, 0.25) is 0 Å². The Morgan fingerprint density at radius 3 is 2.05 bits per heavy atom. The van der Waals surface area contributed by atoms with Crippen molar-refractivity contribution in [3.63, 3.8) is 0 Å². The first-order valence-electron chi connectivity index (χ1n) is 5.78. The van der Waals surface area contributed by atoms with Crippen LogP contribution in [0.3, 0.4) is 0 Å². The van der Waals surface area contributed by atoms with Gasteiger partial charge in [-0.3, -0.25) is 0 Å². The van der Waals surface area contributed by atoms with Crippen LogP contribution in [0, 0.1) is 0 Å². The van der Waals surface area contributed by atoms with Gasteiger partial charge in [-0.25, -0.2) is 0 Å². The number of benzene rings is 2. The SMILES string of the molecule is C=[CH][Co](=[O])[CH](C(=O)c1ccccc1)c1ccccc1. The Morgan fingerprint density at radius 1 is 1.00 bits per heavy atom. The van der Waals surface area contributed by atoms with Gasteiger partial charge in [0.1, 0.15) is 0 Å². The van der Waals surface area contributed by atoms with Gasteiger partial charge in [0.2, 0.25) is 0 Å². The zero-order valence-electron chi connectivity index (χ0n) is 10.3. The molecule has 99 valence electrons. The molecule has 0 amide bonds. The predicted molar refractivity (Wildman–Crippen MR) is 70.8 cm³/mol. The van der Waals surface area contributed by atoms with Crippen molar-refractivity contribution in [2.45, 2.75) is 4.85 Å². The van der Waals surface area contributed by atoms with Gasteiger partial charge in [0.05, 0.1) is 0 Å². The van der Waals surface area contributed by atoms with Crippen molar-refractivity contribution in [1.82, 2.24) is 0 Å². The maximum atomic E-state index is 12.5. The molecule has 3 heteroatoms. The Kier molecular flexibility index (Phi) is 4.55. The number of carbonyl (C=O) groups excluding carboxylic acids is 1. The molecule has 0 saturated carbocycles. The van der Waals surface area contributed by atoms with E-state index in [1.165, 1.54) is 5.01 Å². The van der Waals surface area contributed by atoms with Gasteiger partial charge in [-0.05, 0) is 0 Å². The second kappa shape index (κ2) is 6.36. The Labute approximate surface area is 116 Å². The van der Waals surface area contributed by atoms with E-state index >= 15 is 0 Å². The van der Waals surface area contributed by atoms with E-state index in [0.717, 1.165) is 5.56 Å². The first kappa shape index (κ1) is 13.6. The fraction of sp³-hybridized carbons (Fsp3) is 0.0625. The summed E-state index contributed by atoms with van der Waals surface area (Å²) in [6.07, 6.45) is 0. The van der Waals surface area contributed by atoms with Gasteiger partial charge in [0.25, 0.3) is 0 Å². The van der Waals surface area contributed by atoms with Crippen LogP contribution in [0.15, 0.2) is 72.3 Å². The molecule has 2 aromatic rings. The summed E-state index contributed by atoms with van der Waals surface area (Å²) >= 11 is -1.79. The minimum atomic E-state index is -1.79. The normalized spacial score (nSPS) is 12.5. The second-order valence-corrected chi connectivity index (χ2v) is 5.75. The van der Waals surface area contributed by atoms with Gasteiger partial charge in [-0.1, -0.05) is 0 Å². The summed E-state index contributed by atoms with van der Waals surface area (Å²) in [5, 5.41) is 1.35. The van der Waals surface area contributed by atoms with E-state index in [4.69, 9.17) is 0 Å². The van der Waals surface area contributed by atoms with Crippen LogP contribution >= 0.6 is 0 Å². The molecular formula is C16H14CoO2. The maximum absolute atomic E-state index is 12.5. The molecule has 0 aromatic heterocycles. The molecule has 2 rings (SSSR count). The average molecular weight is 297 g/mol. The molecule has 1 unspecified atom stereocenters. The summed E-state index contributed by atoms with van der Waals surface area (Å²) in [5.41, 5.74) is 1.33. The molecule has 0 spiro atoms. The number of carbonyl (C=O) groups is 1. The van der Waals surface area contributed by atoms with Gasteiger partial charge < -0.3 is 0 Å². The van der Waals surface area contributed by atoms with E-state index in [0.29, 0.717) is 5.56 Å². The molecule has 0 aliphatic rings. The Morgan fingerprint density at radius 2 is 1.53 bits per heavy atom. The van der Waals surface area contributed by atoms with Crippen LogP contribution in [0.4, 0.5) is 0 Å². The molecule has 2 aromatic carbocycles. The molecule has 0 aliphatic heterocycles. The molecule has 0 bridgehead atoms. The van der Waals surface area contributed by atoms with Crippen LogP contribution in [-0.2, 0) is 17.5 Å². The summed E-state index contributed by atoms with van der Waals surface area (Å²) < 4.78 is 12.1. The van der Waals surface area contributed by atoms with Crippen LogP contribution in [0.25, 0.3) is 0 Å². The Bertz CT molecular complexity index is 591. The minimum absolute atomic E-state index is 0.133. The molecule has 0 N–H and O–H groups in total. The van der Waals surface area contributed by atoms with Crippen molar-refractivity contribution >= 4 is 5.78 Å². The van der Waals surface area contributed by atoms with Gasteiger partial charge >= 0.3 is 116 Å². The van der Waals surface area contributed by atoms with Gasteiger partial charge in [0, 0.05) is 0 Å². The van der Waals surface area contributed by atoms with Gasteiger partial charge in [-0.15, -0.1) is 0 Å². The standard InChI is InChI=1S/C14H11O.C2H3.Co.O/c15-14(13-9-5-2-6-10-13)11-12-7-3-1-4-8-12;1-2;;/h1-11H;1H,2H2;;. The summed E-state index contributed by atoms with van der Waals surface area (Å²) in [7, 11) is 0. The van der Waals surface area contributed by atoms with E-state index in [1.54, 1.807) is 24.3 Å². The fourth-order valence-corrected chi connectivity index (χ4v) is 3.01. The van der Waals surface area contributed by atoms with Crippen LogP contribution in [-0.4, -0.2) is 5.78 Å². The van der Waals surface area contributed by atoms with Crippen molar-refractivity contribution in [1.29, 1.82) is 0 Å². The first-order chi connectivity index (χ1) is 9.24. The van der Waals surface area contributed by atoms with Crippen molar-refractivity contribution in [3.8, 4) is 0 Å². The van der Waals surface area contributed by atoms with E-state index in [2.05, 4.69) is 6.58 Å². The topological polar surface area (TPSA) is 34.1 Å². The molecule has 19 heavy (non-hydrogen) atoms. The Balaban J connectivity index is 2.42. The van der Waals surface area contributed by atoms with Gasteiger partial charge in [-0.2, -0.15) is 0 Å². The molecular weight excluding hydrogens is 283 g/mol. The third-order valence-electron chi connectivity index (χ3n) is 2.68. The zero-order valence-corrected chi connectivity index (χ0v) is 11.3. The average Bonchev–Trinajstić information content (AvgIpc) is 2.49. The number of hydrogen-bond acceptors (Lipinski definition) is 2. The second-order valence-electron chi connectivity index (χ2n) is 3.88. The van der Waals surface area contributed by atoms with Crippen LogP contribution in [0.1, 0.15) is 20.8 Å². The van der Waals surface area contributed by atoms with E-state index < -0.39 is 18.4 Å². The molecule has 0 fully saturated rings. The summed E-state index contributed by atoms with van der Waals surface area (Å²) in [6.45, 7) is 3.55. The summed E-state index contributed by atoms with van der Waals surface area (Å²) in [5.74, 6) is -0.133. The molecule has 2 nitrogen and oxygen atoms in total. The van der Waals surface area contributed by atoms with Crippen molar-refractivity contribution in [2.75, 3.05) is 0 Å². The van der Waals surface area contributed by atoms with Crippen LogP contribution in [0.5, 0.6) is 0 Å². The van der Waals surface area contributed by atoms with Crippen molar-refractivity contribution in [2.24, 2.45) is 0 Å². The van der Waals surface area contributed by atoms with Crippen LogP contribution < -0.4 is 0 Å². The quantitative estimate of drug-likeness (QED) is 0.788. The third-order valence-corrected chi connectivity index (χ3v) is 4.31. The molecule has 0 saturated heterocycles. The van der Waals surface area contributed by atoms with E-state index in [1.807, 2.05) is 36.4 Å². The van der Waals surface area contributed by atoms with Gasteiger partial charge in [0.15, 0.2) is 0 Å². The van der Waals surface area contributed by atoms with Crippen molar-refractivity contribution < 1.29 is 22.2 Å². The summed E-state index contributed by atoms with van der Waals surface area (Å²) in [4.78, 5) is 11.9. The number of rotatable bonds is 5. The van der Waals surface area contributed by atoms with Crippen molar-refractivity contribution in [3.05, 3.63) is 83.4 Å². The number of hydrogen-bond donors (Lipinski definition) is 0. The number of ketones is 1. The van der Waals surface area contributed by atoms with E-state index in [-0.39, 0.29) is 5.78 Å². The number of Topliss-reactive ketones (excluding diaryl/α,β-unsaturated/α-hetero) is 1. The third kappa shape index (κ3) is 3.13. The monoisotopic (exact) mass is 297 g/mol. The molecule has 0 heterocycles. The Hall–Kier alpha value is -1.84. The fourth-order valence-electron chi connectivity index (χ4n) is 1.78. The zero-order chi connectivity index (χ0) is 13.7. The van der Waals surface area contributed by atoms with E-state index in [9.17, 15) is 8.66 Å². The predicted octanol–water partition coefficient (Wildman–Crippen LogP) is 3.72. The summed E-state index contributed by atoms with van der Waals surface area (Å²) in [6, 6.07) is 18.1. The molecule has 0 aliphatic carbocycles. The molecule has 0 radical (unpaired) electrons. The molecule has 1 atom stereocenters.